The second-order valence-corrected chi connectivity index (χ2v) is 6.29. The highest BCUT2D eigenvalue weighted by atomic mass is 35.5. The minimum absolute atomic E-state index is 0.171. The van der Waals surface area contributed by atoms with Gasteiger partial charge in [-0.15, -0.1) is 10.2 Å². The number of rotatable bonds is 4. The lowest BCUT2D eigenvalue weighted by Crippen LogP contribution is -2.11. The van der Waals surface area contributed by atoms with Gasteiger partial charge in [0.05, 0.1) is 0 Å². The number of aromatic nitrogens is 3. The van der Waals surface area contributed by atoms with Crippen molar-refractivity contribution in [1.82, 2.24) is 14.8 Å². The molecule has 0 spiro atoms. The van der Waals surface area contributed by atoms with E-state index in [0.717, 1.165) is 15.7 Å². The molecule has 2 aromatic carbocycles. The van der Waals surface area contributed by atoms with Crippen molar-refractivity contribution in [3.63, 3.8) is 0 Å². The van der Waals surface area contributed by atoms with Crippen molar-refractivity contribution < 1.29 is 4.79 Å². The molecule has 0 fully saturated rings. The first-order valence-electron chi connectivity index (χ1n) is 6.80. The van der Waals surface area contributed by atoms with E-state index in [1.807, 2.05) is 35.9 Å². The number of nitrogens with zero attached hydrogens (tertiary/aromatic N) is 3. The molecule has 0 bridgehead atoms. The lowest BCUT2D eigenvalue weighted by atomic mass is 10.2. The topological polar surface area (TPSA) is 59.8 Å². The predicted octanol–water partition coefficient (Wildman–Crippen LogP) is 3.87. The van der Waals surface area contributed by atoms with Crippen LogP contribution < -0.4 is 5.32 Å². The summed E-state index contributed by atoms with van der Waals surface area (Å²) in [6.45, 7) is 0. The fourth-order valence-corrected chi connectivity index (χ4v) is 2.77. The van der Waals surface area contributed by atoms with Crippen molar-refractivity contribution in [3.8, 4) is 0 Å². The number of hydrogen-bond donors (Lipinski definition) is 1. The first kappa shape index (κ1) is 15.6. The Morgan fingerprint density at radius 1 is 1.13 bits per heavy atom. The zero-order chi connectivity index (χ0) is 16.2. The van der Waals surface area contributed by atoms with Crippen LogP contribution in [0, 0.1) is 0 Å². The number of halogens is 1. The SMILES string of the molecule is Cn1cnnc1Sc1ccc(NC(=O)c2ccc(Cl)cc2)cc1. The van der Waals surface area contributed by atoms with Crippen LogP contribution in [0.2, 0.25) is 5.02 Å². The number of hydrogen-bond acceptors (Lipinski definition) is 4. The summed E-state index contributed by atoms with van der Waals surface area (Å²) >= 11 is 7.33. The van der Waals surface area contributed by atoms with Gasteiger partial charge in [0.2, 0.25) is 0 Å². The Balaban J connectivity index is 1.66. The van der Waals surface area contributed by atoms with Crippen molar-refractivity contribution in [2.24, 2.45) is 7.05 Å². The monoisotopic (exact) mass is 344 g/mol. The van der Waals surface area contributed by atoms with Gasteiger partial charge in [0, 0.05) is 28.2 Å². The number of carbonyl (C=O) groups is 1. The Morgan fingerprint density at radius 3 is 2.43 bits per heavy atom. The van der Waals surface area contributed by atoms with Gasteiger partial charge < -0.3 is 9.88 Å². The van der Waals surface area contributed by atoms with E-state index < -0.39 is 0 Å². The van der Waals surface area contributed by atoms with E-state index in [2.05, 4.69) is 15.5 Å². The maximum absolute atomic E-state index is 12.1. The maximum Gasteiger partial charge on any atom is 0.255 e. The number of carbonyl (C=O) groups excluding carboxylic acids is 1. The zero-order valence-corrected chi connectivity index (χ0v) is 13.8. The average Bonchev–Trinajstić information content (AvgIpc) is 2.95. The van der Waals surface area contributed by atoms with Gasteiger partial charge in [-0.2, -0.15) is 0 Å². The standard InChI is InChI=1S/C16H13ClN4OS/c1-21-10-18-20-16(21)23-14-8-6-13(7-9-14)19-15(22)11-2-4-12(17)5-3-11/h2-10H,1H3,(H,19,22). The number of anilines is 1. The third-order valence-electron chi connectivity index (χ3n) is 3.10. The highest BCUT2D eigenvalue weighted by Crippen LogP contribution is 2.26. The van der Waals surface area contributed by atoms with Crippen LogP contribution in [-0.4, -0.2) is 20.7 Å². The van der Waals surface area contributed by atoms with Gasteiger partial charge in [-0.1, -0.05) is 11.6 Å². The molecule has 3 rings (SSSR count). The van der Waals surface area contributed by atoms with E-state index in [1.165, 1.54) is 11.8 Å². The minimum atomic E-state index is -0.171. The van der Waals surface area contributed by atoms with Crippen LogP contribution in [-0.2, 0) is 7.05 Å². The van der Waals surface area contributed by atoms with Crippen molar-refractivity contribution in [3.05, 3.63) is 65.4 Å². The van der Waals surface area contributed by atoms with E-state index in [-0.39, 0.29) is 5.91 Å². The Morgan fingerprint density at radius 2 is 1.83 bits per heavy atom. The molecule has 0 radical (unpaired) electrons. The summed E-state index contributed by atoms with van der Waals surface area (Å²) in [7, 11) is 1.89. The van der Waals surface area contributed by atoms with Crippen LogP contribution in [0.15, 0.2) is 64.9 Å². The Kier molecular flexibility index (Phi) is 4.64. The molecule has 0 aliphatic rings. The maximum atomic E-state index is 12.1. The third-order valence-corrected chi connectivity index (χ3v) is 4.41. The van der Waals surface area contributed by atoms with Crippen LogP contribution in [0.25, 0.3) is 0 Å². The van der Waals surface area contributed by atoms with Crippen LogP contribution in [0.3, 0.4) is 0 Å². The van der Waals surface area contributed by atoms with E-state index in [9.17, 15) is 4.79 Å². The normalized spacial score (nSPS) is 10.5. The fraction of sp³-hybridized carbons (Fsp3) is 0.0625. The van der Waals surface area contributed by atoms with Crippen molar-refractivity contribution in [1.29, 1.82) is 0 Å². The highest BCUT2D eigenvalue weighted by molar-refractivity contribution is 7.99. The average molecular weight is 345 g/mol. The number of amides is 1. The van der Waals surface area contributed by atoms with Gasteiger partial charge in [-0.25, -0.2) is 0 Å². The molecule has 23 heavy (non-hydrogen) atoms. The largest absolute Gasteiger partial charge is 0.322 e. The predicted molar refractivity (Wildman–Crippen MR) is 91.0 cm³/mol. The van der Waals surface area contributed by atoms with Gasteiger partial charge in [0.1, 0.15) is 6.33 Å². The van der Waals surface area contributed by atoms with Gasteiger partial charge in [0.15, 0.2) is 5.16 Å². The summed E-state index contributed by atoms with van der Waals surface area (Å²) in [5.41, 5.74) is 1.29. The summed E-state index contributed by atoms with van der Waals surface area (Å²) in [6, 6.07) is 14.3. The quantitative estimate of drug-likeness (QED) is 0.780. The molecule has 1 heterocycles. The van der Waals surface area contributed by atoms with E-state index >= 15 is 0 Å². The molecule has 5 nitrogen and oxygen atoms in total. The molecule has 0 aliphatic carbocycles. The molecular weight excluding hydrogens is 332 g/mol. The van der Waals surface area contributed by atoms with Gasteiger partial charge in [0.25, 0.3) is 5.91 Å². The van der Waals surface area contributed by atoms with Crippen LogP contribution in [0.4, 0.5) is 5.69 Å². The lowest BCUT2D eigenvalue weighted by Gasteiger charge is -2.06. The molecule has 1 aromatic heterocycles. The zero-order valence-electron chi connectivity index (χ0n) is 12.2. The minimum Gasteiger partial charge on any atom is -0.322 e. The van der Waals surface area contributed by atoms with Crippen molar-refractivity contribution in [2.75, 3.05) is 5.32 Å². The summed E-state index contributed by atoms with van der Waals surface area (Å²) in [5, 5.41) is 12.1. The second-order valence-electron chi connectivity index (χ2n) is 4.81. The number of nitrogens with one attached hydrogen (secondary N) is 1. The first-order chi connectivity index (χ1) is 11.1. The third kappa shape index (κ3) is 3.91. The van der Waals surface area contributed by atoms with Crippen molar-refractivity contribution in [2.45, 2.75) is 10.1 Å². The molecule has 0 saturated heterocycles. The first-order valence-corrected chi connectivity index (χ1v) is 8.00. The van der Waals surface area contributed by atoms with Crippen LogP contribution >= 0.6 is 23.4 Å². The van der Waals surface area contributed by atoms with Gasteiger partial charge in [-0.05, 0) is 60.3 Å². The lowest BCUT2D eigenvalue weighted by molar-refractivity contribution is 0.102. The summed E-state index contributed by atoms with van der Waals surface area (Å²) in [5.74, 6) is -0.171. The molecule has 0 aliphatic heterocycles. The number of benzene rings is 2. The highest BCUT2D eigenvalue weighted by Gasteiger charge is 2.07. The molecule has 116 valence electrons. The molecule has 1 amide bonds. The molecule has 0 unspecified atom stereocenters. The summed E-state index contributed by atoms with van der Waals surface area (Å²) in [6.07, 6.45) is 1.66. The summed E-state index contributed by atoms with van der Waals surface area (Å²) in [4.78, 5) is 13.1. The number of aryl methyl sites for hydroxylation is 1. The molecule has 1 N–H and O–H groups in total. The fourth-order valence-electron chi connectivity index (χ4n) is 1.88. The molecule has 7 heteroatoms. The Bertz CT molecular complexity index is 815. The summed E-state index contributed by atoms with van der Waals surface area (Å²) < 4.78 is 1.85. The van der Waals surface area contributed by atoms with Gasteiger partial charge in [-0.3, -0.25) is 4.79 Å². The van der Waals surface area contributed by atoms with Crippen molar-refractivity contribution >= 4 is 35.0 Å². The molecule has 0 saturated carbocycles. The Hall–Kier alpha value is -2.31. The van der Waals surface area contributed by atoms with Crippen LogP contribution in [0.5, 0.6) is 0 Å². The van der Waals surface area contributed by atoms with Crippen LogP contribution in [0.1, 0.15) is 10.4 Å². The van der Waals surface area contributed by atoms with E-state index in [0.29, 0.717) is 10.6 Å². The van der Waals surface area contributed by atoms with Gasteiger partial charge >= 0.3 is 0 Å². The smallest absolute Gasteiger partial charge is 0.255 e. The van der Waals surface area contributed by atoms with E-state index in [1.54, 1.807) is 30.6 Å². The second kappa shape index (κ2) is 6.85. The van der Waals surface area contributed by atoms with E-state index in [4.69, 9.17) is 11.6 Å². The molecule has 3 aromatic rings. The molecule has 0 atom stereocenters. The molecular formula is C16H13ClN4OS. The Labute approximate surface area is 142 Å².